The number of nitrogens with zero attached hydrogens (tertiary/aromatic N) is 2. The fourth-order valence-corrected chi connectivity index (χ4v) is 5.72. The maximum Gasteiger partial charge on any atom is 0.337 e. The van der Waals surface area contributed by atoms with E-state index in [0.717, 1.165) is 44.1 Å². The van der Waals surface area contributed by atoms with Gasteiger partial charge in [0.2, 0.25) is 18.2 Å². The third-order valence-corrected chi connectivity index (χ3v) is 8.17. The van der Waals surface area contributed by atoms with Gasteiger partial charge in [0.25, 0.3) is 0 Å². The number of esters is 1. The third kappa shape index (κ3) is 9.02. The Hall–Kier alpha value is -2.98. The standard InChI is InChI=1S/C30H46N4O6/c1-30(2,3)26(32-27(36)24(19-34(39)20-35)17-21-7-5-6-8-21)28(37)33-15-13-25(14-16-33)31-18-22-9-11-23(12-10-22)29(38)40-4/h9-12,20-21,24-26,31,39H,5-8,13-19H2,1-4H3,(H,32,36)/t24-,26-/m1/s1. The molecule has 0 spiro atoms. The van der Waals surface area contributed by atoms with Crippen molar-refractivity contribution in [2.24, 2.45) is 17.3 Å². The fraction of sp³-hybridized carbons (Fsp3) is 0.667. The zero-order valence-electron chi connectivity index (χ0n) is 24.4. The van der Waals surface area contributed by atoms with E-state index in [9.17, 15) is 24.4 Å². The molecule has 2 atom stereocenters. The lowest BCUT2D eigenvalue weighted by Crippen LogP contribution is -2.58. The van der Waals surface area contributed by atoms with E-state index >= 15 is 0 Å². The van der Waals surface area contributed by atoms with Crippen molar-refractivity contribution in [2.45, 2.75) is 84.3 Å². The summed E-state index contributed by atoms with van der Waals surface area (Å²) in [5, 5.41) is 16.9. The zero-order chi connectivity index (χ0) is 29.3. The van der Waals surface area contributed by atoms with Gasteiger partial charge in [-0.05, 0) is 48.3 Å². The molecule has 40 heavy (non-hydrogen) atoms. The summed E-state index contributed by atoms with van der Waals surface area (Å²) in [6.45, 7) is 7.55. The zero-order valence-corrected chi connectivity index (χ0v) is 24.4. The second kappa shape index (κ2) is 14.6. The summed E-state index contributed by atoms with van der Waals surface area (Å²) in [6, 6.07) is 6.84. The highest BCUT2D eigenvalue weighted by Gasteiger charge is 2.38. The Labute approximate surface area is 237 Å². The molecule has 10 nitrogen and oxygen atoms in total. The summed E-state index contributed by atoms with van der Waals surface area (Å²) in [5.41, 5.74) is 1.06. The molecule has 2 fully saturated rings. The van der Waals surface area contributed by atoms with E-state index in [1.165, 1.54) is 7.11 Å². The van der Waals surface area contributed by atoms with Gasteiger partial charge in [0.1, 0.15) is 6.04 Å². The molecule has 3 amide bonds. The number of rotatable bonds is 12. The maximum absolute atomic E-state index is 13.7. The highest BCUT2D eigenvalue weighted by Crippen LogP contribution is 2.31. The van der Waals surface area contributed by atoms with Gasteiger partial charge in [-0.15, -0.1) is 0 Å². The number of methoxy groups -OCH3 is 1. The fourth-order valence-electron chi connectivity index (χ4n) is 5.72. The normalized spacial score (nSPS) is 18.2. The molecule has 1 aromatic carbocycles. The van der Waals surface area contributed by atoms with Crippen LogP contribution in [0.25, 0.3) is 0 Å². The Balaban J connectivity index is 1.55. The Morgan fingerprint density at radius 1 is 1.10 bits per heavy atom. The van der Waals surface area contributed by atoms with Crippen LogP contribution in [-0.2, 0) is 25.7 Å². The first-order valence-corrected chi connectivity index (χ1v) is 14.4. The SMILES string of the molecule is COC(=O)c1ccc(CNC2CCN(C(=O)[C@@H](NC(=O)[C@H](CC3CCCC3)CN(O)C=O)C(C)(C)C)CC2)cc1. The quantitative estimate of drug-likeness (QED) is 0.156. The number of piperidine rings is 1. The van der Waals surface area contributed by atoms with Crippen LogP contribution in [0.5, 0.6) is 0 Å². The van der Waals surface area contributed by atoms with Crippen LogP contribution in [0.15, 0.2) is 24.3 Å². The van der Waals surface area contributed by atoms with Gasteiger partial charge in [0, 0.05) is 25.7 Å². The minimum absolute atomic E-state index is 0.0840. The van der Waals surface area contributed by atoms with E-state index in [2.05, 4.69) is 10.6 Å². The Kier molecular flexibility index (Phi) is 11.5. The van der Waals surface area contributed by atoms with Gasteiger partial charge in [0.15, 0.2) is 0 Å². The minimum Gasteiger partial charge on any atom is -0.465 e. The molecule has 1 saturated heterocycles. The highest BCUT2D eigenvalue weighted by molar-refractivity contribution is 5.90. The lowest BCUT2D eigenvalue weighted by atomic mass is 9.84. The van der Waals surface area contributed by atoms with Crippen molar-refractivity contribution in [2.75, 3.05) is 26.7 Å². The smallest absolute Gasteiger partial charge is 0.337 e. The lowest BCUT2D eigenvalue weighted by molar-refractivity contribution is -0.156. The van der Waals surface area contributed by atoms with Gasteiger partial charge in [-0.2, -0.15) is 0 Å². The topological polar surface area (TPSA) is 128 Å². The Morgan fingerprint density at radius 2 is 1.73 bits per heavy atom. The molecule has 222 valence electrons. The molecule has 0 radical (unpaired) electrons. The molecule has 2 aliphatic rings. The number of benzene rings is 1. The number of hydrogen-bond donors (Lipinski definition) is 3. The number of hydroxylamine groups is 2. The van der Waals surface area contributed by atoms with Crippen LogP contribution in [-0.4, -0.2) is 78.2 Å². The van der Waals surface area contributed by atoms with Crippen LogP contribution in [0.3, 0.4) is 0 Å². The largest absolute Gasteiger partial charge is 0.465 e. The Morgan fingerprint density at radius 3 is 2.27 bits per heavy atom. The maximum atomic E-state index is 13.7. The molecule has 3 N–H and O–H groups in total. The van der Waals surface area contributed by atoms with Crippen LogP contribution in [0, 0.1) is 17.3 Å². The van der Waals surface area contributed by atoms with Gasteiger partial charge in [-0.3, -0.25) is 19.6 Å². The minimum atomic E-state index is -0.715. The van der Waals surface area contributed by atoms with E-state index in [-0.39, 0.29) is 30.4 Å². The third-order valence-electron chi connectivity index (χ3n) is 8.17. The van der Waals surface area contributed by atoms with Crippen molar-refractivity contribution in [1.29, 1.82) is 0 Å². The van der Waals surface area contributed by atoms with Crippen molar-refractivity contribution in [3.63, 3.8) is 0 Å². The summed E-state index contributed by atoms with van der Waals surface area (Å²) >= 11 is 0. The molecule has 1 saturated carbocycles. The molecular formula is C30H46N4O6. The summed E-state index contributed by atoms with van der Waals surface area (Å²) in [6.07, 6.45) is 6.83. The van der Waals surface area contributed by atoms with Crippen molar-refractivity contribution in [3.05, 3.63) is 35.4 Å². The number of nitrogens with one attached hydrogen (secondary N) is 2. The van der Waals surface area contributed by atoms with Crippen LogP contribution in [0.2, 0.25) is 0 Å². The van der Waals surface area contributed by atoms with Gasteiger partial charge >= 0.3 is 5.97 Å². The van der Waals surface area contributed by atoms with Crippen LogP contribution in [0.1, 0.15) is 81.6 Å². The first-order chi connectivity index (χ1) is 19.0. The lowest BCUT2D eigenvalue weighted by Gasteiger charge is -2.39. The number of carbonyl (C=O) groups is 4. The molecule has 0 unspecified atom stereocenters. The molecular weight excluding hydrogens is 512 g/mol. The predicted molar refractivity (Wildman–Crippen MR) is 150 cm³/mol. The van der Waals surface area contributed by atoms with E-state index in [0.29, 0.717) is 49.0 Å². The monoisotopic (exact) mass is 558 g/mol. The Bertz CT molecular complexity index is 994. The molecule has 10 heteroatoms. The average molecular weight is 559 g/mol. The number of ether oxygens (including phenoxy) is 1. The van der Waals surface area contributed by atoms with Gasteiger partial charge in [0.05, 0.1) is 25.1 Å². The number of carbonyl (C=O) groups excluding carboxylic acids is 4. The number of likely N-dealkylation sites (tertiary alicyclic amines) is 1. The summed E-state index contributed by atoms with van der Waals surface area (Å²) in [5.74, 6) is -0.948. The second-order valence-corrected chi connectivity index (χ2v) is 12.3. The van der Waals surface area contributed by atoms with Gasteiger partial charge < -0.3 is 20.3 Å². The summed E-state index contributed by atoms with van der Waals surface area (Å²) in [7, 11) is 1.36. The van der Waals surface area contributed by atoms with Crippen LogP contribution < -0.4 is 10.6 Å². The molecule has 0 bridgehead atoms. The second-order valence-electron chi connectivity index (χ2n) is 12.3. The van der Waals surface area contributed by atoms with Gasteiger partial charge in [-0.1, -0.05) is 58.6 Å². The van der Waals surface area contributed by atoms with E-state index < -0.39 is 17.4 Å². The predicted octanol–water partition coefficient (Wildman–Crippen LogP) is 3.13. The van der Waals surface area contributed by atoms with Crippen molar-refractivity contribution in [1.82, 2.24) is 20.6 Å². The summed E-state index contributed by atoms with van der Waals surface area (Å²) < 4.78 is 4.74. The first-order valence-electron chi connectivity index (χ1n) is 14.4. The van der Waals surface area contributed by atoms with E-state index in [4.69, 9.17) is 4.74 Å². The van der Waals surface area contributed by atoms with Crippen molar-refractivity contribution >= 4 is 24.2 Å². The molecule has 3 rings (SSSR count). The van der Waals surface area contributed by atoms with E-state index in [1.807, 2.05) is 37.8 Å². The first kappa shape index (κ1) is 31.5. The molecule has 1 aliphatic heterocycles. The van der Waals surface area contributed by atoms with Gasteiger partial charge in [-0.25, -0.2) is 9.86 Å². The summed E-state index contributed by atoms with van der Waals surface area (Å²) in [4.78, 5) is 51.6. The number of amides is 3. The van der Waals surface area contributed by atoms with Crippen LogP contribution in [0.4, 0.5) is 0 Å². The van der Waals surface area contributed by atoms with E-state index in [1.54, 1.807) is 12.1 Å². The number of hydrogen-bond acceptors (Lipinski definition) is 7. The highest BCUT2D eigenvalue weighted by atomic mass is 16.5. The van der Waals surface area contributed by atoms with Crippen molar-refractivity contribution in [3.8, 4) is 0 Å². The average Bonchev–Trinajstić information content (AvgIpc) is 3.46. The van der Waals surface area contributed by atoms with Crippen LogP contribution >= 0.6 is 0 Å². The molecule has 1 heterocycles. The molecule has 1 aromatic rings. The molecule has 0 aromatic heterocycles. The van der Waals surface area contributed by atoms with Crippen molar-refractivity contribution < 1.29 is 29.1 Å². The molecule has 1 aliphatic carbocycles.